The van der Waals surface area contributed by atoms with Crippen LogP contribution in [0.2, 0.25) is 0 Å². The first-order valence-corrected chi connectivity index (χ1v) is 6.66. The van der Waals surface area contributed by atoms with Crippen LogP contribution in [0.25, 0.3) is 0 Å². The lowest BCUT2D eigenvalue weighted by molar-refractivity contribution is 0.182. The summed E-state index contributed by atoms with van der Waals surface area (Å²) in [6.45, 7) is 3.59. The summed E-state index contributed by atoms with van der Waals surface area (Å²) in [5.41, 5.74) is 0.699. The fraction of sp³-hybridized carbons (Fsp3) is 0.538. The third kappa shape index (κ3) is 4.37. The maximum Gasteiger partial charge on any atom is 0.142 e. The predicted octanol–water partition coefficient (Wildman–Crippen LogP) is 3.67. The Hall–Kier alpha value is -0.450. The lowest BCUT2D eigenvalue weighted by atomic mass is 10.0. The van der Waals surface area contributed by atoms with Crippen LogP contribution in [0.1, 0.15) is 31.4 Å². The lowest BCUT2D eigenvalue weighted by Crippen LogP contribution is -2.24. The number of benzene rings is 1. The van der Waals surface area contributed by atoms with Gasteiger partial charge in [-0.05, 0) is 41.4 Å². The molecule has 1 unspecified atom stereocenters. The van der Waals surface area contributed by atoms with Crippen LogP contribution >= 0.6 is 15.9 Å². The van der Waals surface area contributed by atoms with E-state index in [0.717, 1.165) is 19.4 Å². The smallest absolute Gasteiger partial charge is 0.142 e. The summed E-state index contributed by atoms with van der Waals surface area (Å²) < 4.78 is 19.6. The summed E-state index contributed by atoms with van der Waals surface area (Å²) in [7, 11) is 1.66. The van der Waals surface area contributed by atoms with Gasteiger partial charge in [0.1, 0.15) is 5.82 Å². The molecule has 1 atom stereocenters. The Bertz CT molecular complexity index is 338. The Morgan fingerprint density at radius 2 is 2.24 bits per heavy atom. The van der Waals surface area contributed by atoms with E-state index < -0.39 is 0 Å². The number of hydrogen-bond acceptors (Lipinski definition) is 2. The molecule has 0 fully saturated rings. The Morgan fingerprint density at radius 3 is 2.88 bits per heavy atom. The summed E-state index contributed by atoms with van der Waals surface area (Å²) >= 11 is 3.22. The second-order valence-electron chi connectivity index (χ2n) is 3.93. The van der Waals surface area contributed by atoms with Gasteiger partial charge in [0.2, 0.25) is 0 Å². The van der Waals surface area contributed by atoms with Gasteiger partial charge in [0.05, 0.1) is 4.47 Å². The van der Waals surface area contributed by atoms with E-state index in [9.17, 15) is 4.39 Å². The van der Waals surface area contributed by atoms with Crippen LogP contribution in [0.4, 0.5) is 4.39 Å². The molecule has 0 saturated carbocycles. The van der Waals surface area contributed by atoms with Gasteiger partial charge in [-0.2, -0.15) is 0 Å². The molecule has 0 heterocycles. The van der Waals surface area contributed by atoms with Crippen molar-refractivity contribution in [2.75, 3.05) is 20.3 Å². The molecule has 0 amide bonds. The second-order valence-corrected chi connectivity index (χ2v) is 4.79. The van der Waals surface area contributed by atoms with Gasteiger partial charge in [-0.25, -0.2) is 4.39 Å². The highest BCUT2D eigenvalue weighted by Crippen LogP contribution is 2.25. The molecule has 0 saturated heterocycles. The minimum Gasteiger partial charge on any atom is -0.385 e. The summed E-state index contributed by atoms with van der Waals surface area (Å²) in [4.78, 5) is 0. The van der Waals surface area contributed by atoms with E-state index in [-0.39, 0.29) is 11.9 Å². The Labute approximate surface area is 111 Å². The van der Waals surface area contributed by atoms with Gasteiger partial charge < -0.3 is 10.1 Å². The van der Waals surface area contributed by atoms with Crippen molar-refractivity contribution >= 4 is 15.9 Å². The molecule has 96 valence electrons. The van der Waals surface area contributed by atoms with Crippen LogP contribution in [0, 0.1) is 5.82 Å². The zero-order chi connectivity index (χ0) is 12.7. The van der Waals surface area contributed by atoms with Gasteiger partial charge in [0, 0.05) is 25.3 Å². The first-order chi connectivity index (χ1) is 8.20. The third-order valence-corrected chi connectivity index (χ3v) is 3.22. The third-order valence-electron chi connectivity index (χ3n) is 2.61. The van der Waals surface area contributed by atoms with Gasteiger partial charge in [-0.3, -0.25) is 0 Å². The van der Waals surface area contributed by atoms with Gasteiger partial charge in [0.15, 0.2) is 0 Å². The minimum atomic E-state index is -0.183. The maximum absolute atomic E-state index is 14.0. The zero-order valence-electron chi connectivity index (χ0n) is 10.3. The average Bonchev–Trinajstić information content (AvgIpc) is 2.34. The van der Waals surface area contributed by atoms with Crippen molar-refractivity contribution in [1.82, 2.24) is 5.32 Å². The fourth-order valence-corrected chi connectivity index (χ4v) is 2.09. The molecule has 2 nitrogen and oxygen atoms in total. The van der Waals surface area contributed by atoms with E-state index in [1.807, 2.05) is 12.1 Å². The van der Waals surface area contributed by atoms with Gasteiger partial charge >= 0.3 is 0 Å². The van der Waals surface area contributed by atoms with Crippen molar-refractivity contribution in [1.29, 1.82) is 0 Å². The van der Waals surface area contributed by atoms with Crippen molar-refractivity contribution in [2.45, 2.75) is 25.8 Å². The molecular formula is C13H19BrFNO. The first kappa shape index (κ1) is 14.6. The quantitative estimate of drug-likeness (QED) is 0.830. The minimum absolute atomic E-state index is 0.00685. The van der Waals surface area contributed by atoms with E-state index in [0.29, 0.717) is 16.6 Å². The second kappa shape index (κ2) is 7.80. The molecule has 1 aromatic rings. The standard InChI is InChI=1S/C13H19BrFNO/c1-3-8-16-12(7-9-17-2)10-5-4-6-11(14)13(10)15/h4-6,12,16H,3,7-9H2,1-2H3. The van der Waals surface area contributed by atoms with Crippen molar-refractivity contribution in [2.24, 2.45) is 0 Å². The molecular weight excluding hydrogens is 285 g/mol. The van der Waals surface area contributed by atoms with Crippen molar-refractivity contribution < 1.29 is 9.13 Å². The highest BCUT2D eigenvalue weighted by atomic mass is 79.9. The summed E-state index contributed by atoms with van der Waals surface area (Å²) in [5.74, 6) is -0.183. The van der Waals surface area contributed by atoms with E-state index in [1.54, 1.807) is 13.2 Å². The molecule has 0 radical (unpaired) electrons. The molecule has 1 rings (SSSR count). The Kier molecular flexibility index (Phi) is 6.70. The lowest BCUT2D eigenvalue weighted by Gasteiger charge is -2.19. The molecule has 4 heteroatoms. The molecule has 0 bridgehead atoms. The molecule has 1 N–H and O–H groups in total. The van der Waals surface area contributed by atoms with Crippen LogP contribution in [0.5, 0.6) is 0 Å². The maximum atomic E-state index is 14.0. The number of methoxy groups -OCH3 is 1. The van der Waals surface area contributed by atoms with Crippen LogP contribution in [0.3, 0.4) is 0 Å². The Balaban J connectivity index is 2.83. The first-order valence-electron chi connectivity index (χ1n) is 5.87. The van der Waals surface area contributed by atoms with E-state index in [2.05, 4.69) is 28.2 Å². The number of hydrogen-bond donors (Lipinski definition) is 1. The number of halogens is 2. The van der Waals surface area contributed by atoms with Gasteiger partial charge in [-0.1, -0.05) is 19.1 Å². The summed E-state index contributed by atoms with van der Waals surface area (Å²) in [5, 5.41) is 3.35. The Morgan fingerprint density at radius 1 is 1.47 bits per heavy atom. The highest BCUT2D eigenvalue weighted by molar-refractivity contribution is 9.10. The molecule has 1 aromatic carbocycles. The molecule has 0 aliphatic rings. The van der Waals surface area contributed by atoms with Crippen molar-refractivity contribution in [3.63, 3.8) is 0 Å². The molecule has 0 aliphatic carbocycles. The molecule has 17 heavy (non-hydrogen) atoms. The summed E-state index contributed by atoms with van der Waals surface area (Å²) in [6.07, 6.45) is 1.79. The number of ether oxygens (including phenoxy) is 1. The van der Waals surface area contributed by atoms with E-state index in [4.69, 9.17) is 4.74 Å². The van der Waals surface area contributed by atoms with Crippen molar-refractivity contribution in [3.8, 4) is 0 Å². The van der Waals surface area contributed by atoms with Crippen LogP contribution < -0.4 is 5.32 Å². The molecule has 0 spiro atoms. The average molecular weight is 304 g/mol. The van der Waals surface area contributed by atoms with Crippen LogP contribution in [-0.2, 0) is 4.74 Å². The van der Waals surface area contributed by atoms with Crippen molar-refractivity contribution in [3.05, 3.63) is 34.1 Å². The zero-order valence-corrected chi connectivity index (χ0v) is 11.9. The largest absolute Gasteiger partial charge is 0.385 e. The topological polar surface area (TPSA) is 21.3 Å². The van der Waals surface area contributed by atoms with Gasteiger partial charge in [-0.15, -0.1) is 0 Å². The number of nitrogens with one attached hydrogen (secondary N) is 1. The predicted molar refractivity (Wildman–Crippen MR) is 71.6 cm³/mol. The van der Waals surface area contributed by atoms with E-state index >= 15 is 0 Å². The van der Waals surface area contributed by atoms with Gasteiger partial charge in [0.25, 0.3) is 0 Å². The summed E-state index contributed by atoms with van der Waals surface area (Å²) in [6, 6.07) is 5.40. The van der Waals surface area contributed by atoms with Crippen LogP contribution in [0.15, 0.2) is 22.7 Å². The monoisotopic (exact) mass is 303 g/mol. The molecule has 0 aliphatic heterocycles. The highest BCUT2D eigenvalue weighted by Gasteiger charge is 2.16. The van der Waals surface area contributed by atoms with E-state index in [1.165, 1.54) is 0 Å². The normalized spacial score (nSPS) is 12.7. The molecule has 0 aromatic heterocycles. The fourth-order valence-electron chi connectivity index (χ4n) is 1.71. The number of rotatable bonds is 7. The van der Waals surface area contributed by atoms with Crippen LogP contribution in [-0.4, -0.2) is 20.3 Å². The SMILES string of the molecule is CCCNC(CCOC)c1cccc(Br)c1F.